The fourth-order valence-electron chi connectivity index (χ4n) is 2.94. The number of aliphatic hydroxyl groups excluding tert-OH is 1. The summed E-state index contributed by atoms with van der Waals surface area (Å²) in [6, 6.07) is 1.36. The number of aromatic amines is 1. The summed E-state index contributed by atoms with van der Waals surface area (Å²) < 4.78 is 14.3. The smallest absolute Gasteiger partial charge is 0.248 e. The minimum Gasteiger partial charge on any atom is -0.387 e. The number of carbonyl (C=O) groups excluding carboxylic acids is 2. The largest absolute Gasteiger partial charge is 0.387 e. The Labute approximate surface area is 136 Å². The van der Waals surface area contributed by atoms with Gasteiger partial charge in [-0.25, -0.2) is 4.39 Å². The van der Waals surface area contributed by atoms with E-state index in [0.29, 0.717) is 24.0 Å². The van der Waals surface area contributed by atoms with Gasteiger partial charge >= 0.3 is 0 Å². The standard InChI is InChI=1S/C15H15ClFN3O3/c1-7(22)18-11-4-9(16)14(17)15-13(11)8-5-20(12(23)6-21)3-2-10(8)19-15/h4,19,21H,2-3,5-6H2,1H3,(H,18,22). The van der Waals surface area contributed by atoms with E-state index in [1.54, 1.807) is 0 Å². The lowest BCUT2D eigenvalue weighted by atomic mass is 10.0. The minimum atomic E-state index is -0.592. The molecule has 3 N–H and O–H groups in total. The van der Waals surface area contributed by atoms with Gasteiger partial charge in [0.25, 0.3) is 0 Å². The molecule has 122 valence electrons. The highest BCUT2D eigenvalue weighted by Crippen LogP contribution is 2.37. The Kier molecular flexibility index (Phi) is 3.99. The van der Waals surface area contributed by atoms with E-state index in [4.69, 9.17) is 16.7 Å². The van der Waals surface area contributed by atoms with E-state index in [2.05, 4.69) is 10.3 Å². The van der Waals surface area contributed by atoms with Crippen LogP contribution in [0.5, 0.6) is 0 Å². The van der Waals surface area contributed by atoms with Crippen molar-refractivity contribution in [2.45, 2.75) is 19.9 Å². The molecule has 3 rings (SSSR count). The number of rotatable bonds is 2. The zero-order valence-corrected chi connectivity index (χ0v) is 13.1. The molecule has 23 heavy (non-hydrogen) atoms. The molecule has 1 aliphatic rings. The number of nitrogens with zero attached hydrogens (tertiary/aromatic N) is 1. The number of benzene rings is 1. The lowest BCUT2D eigenvalue weighted by Crippen LogP contribution is -2.37. The average molecular weight is 340 g/mol. The molecule has 0 spiro atoms. The van der Waals surface area contributed by atoms with Crippen molar-refractivity contribution in [3.05, 3.63) is 28.2 Å². The van der Waals surface area contributed by atoms with Crippen LogP contribution in [0.15, 0.2) is 6.07 Å². The first-order valence-electron chi connectivity index (χ1n) is 7.10. The summed E-state index contributed by atoms with van der Waals surface area (Å²) in [4.78, 5) is 27.6. The van der Waals surface area contributed by atoms with Crippen LogP contribution in [-0.2, 0) is 22.6 Å². The summed E-state index contributed by atoms with van der Waals surface area (Å²) in [5.74, 6) is -1.28. The average Bonchev–Trinajstić information content (AvgIpc) is 2.90. The van der Waals surface area contributed by atoms with Crippen molar-refractivity contribution in [3.8, 4) is 0 Å². The summed E-state index contributed by atoms with van der Waals surface area (Å²) in [6.45, 7) is 1.45. The van der Waals surface area contributed by atoms with Gasteiger partial charge in [0.15, 0.2) is 5.82 Å². The highest BCUT2D eigenvalue weighted by atomic mass is 35.5. The molecule has 0 radical (unpaired) electrons. The first kappa shape index (κ1) is 15.8. The third-order valence-corrected chi connectivity index (χ3v) is 4.22. The molecule has 0 unspecified atom stereocenters. The van der Waals surface area contributed by atoms with Crippen molar-refractivity contribution in [1.29, 1.82) is 0 Å². The molecular formula is C15H15ClFN3O3. The number of halogens is 2. The maximum absolute atomic E-state index is 14.3. The Balaban J connectivity index is 2.18. The quantitative estimate of drug-likeness (QED) is 0.780. The van der Waals surface area contributed by atoms with E-state index in [0.717, 1.165) is 11.3 Å². The van der Waals surface area contributed by atoms with Crippen molar-refractivity contribution in [2.24, 2.45) is 0 Å². The summed E-state index contributed by atoms with van der Waals surface area (Å²) in [5.41, 5.74) is 2.14. The van der Waals surface area contributed by atoms with E-state index in [-0.39, 0.29) is 28.9 Å². The second kappa shape index (κ2) is 5.82. The minimum absolute atomic E-state index is 0.0943. The third-order valence-electron chi connectivity index (χ3n) is 3.94. The number of carbonyl (C=O) groups is 2. The molecule has 0 saturated heterocycles. The molecule has 8 heteroatoms. The number of H-pyrrole nitrogens is 1. The Morgan fingerprint density at radius 3 is 2.91 bits per heavy atom. The summed E-state index contributed by atoms with van der Waals surface area (Å²) in [7, 11) is 0. The van der Waals surface area contributed by atoms with Crippen LogP contribution < -0.4 is 5.32 Å². The Morgan fingerprint density at radius 1 is 1.52 bits per heavy atom. The molecule has 2 heterocycles. The van der Waals surface area contributed by atoms with Crippen molar-refractivity contribution < 1.29 is 19.1 Å². The van der Waals surface area contributed by atoms with Gasteiger partial charge in [-0.3, -0.25) is 9.59 Å². The van der Waals surface area contributed by atoms with Crippen molar-refractivity contribution >= 4 is 40.0 Å². The lowest BCUT2D eigenvalue weighted by molar-refractivity contribution is -0.135. The maximum Gasteiger partial charge on any atom is 0.248 e. The van der Waals surface area contributed by atoms with Crippen LogP contribution in [-0.4, -0.2) is 40.0 Å². The topological polar surface area (TPSA) is 85.4 Å². The first-order chi connectivity index (χ1) is 10.9. The summed E-state index contributed by atoms with van der Waals surface area (Å²) >= 11 is 5.90. The number of fused-ring (bicyclic) bond motifs is 3. The van der Waals surface area contributed by atoms with Gasteiger partial charge in [-0.2, -0.15) is 0 Å². The van der Waals surface area contributed by atoms with Gasteiger partial charge < -0.3 is 20.3 Å². The molecule has 2 aromatic rings. The number of nitrogens with one attached hydrogen (secondary N) is 2. The lowest BCUT2D eigenvalue weighted by Gasteiger charge is -2.26. The molecule has 0 saturated carbocycles. The van der Waals surface area contributed by atoms with E-state index >= 15 is 0 Å². The van der Waals surface area contributed by atoms with Crippen LogP contribution in [0.1, 0.15) is 18.2 Å². The second-order valence-corrected chi connectivity index (χ2v) is 5.86. The molecule has 1 aromatic carbocycles. The number of amides is 2. The van der Waals surface area contributed by atoms with Gasteiger partial charge in [0, 0.05) is 43.1 Å². The SMILES string of the molecule is CC(=O)Nc1cc(Cl)c(F)c2[nH]c3c(c12)CN(C(=O)CO)CC3. The fraction of sp³-hybridized carbons (Fsp3) is 0.333. The van der Waals surface area contributed by atoms with Gasteiger partial charge in [-0.15, -0.1) is 0 Å². The first-order valence-corrected chi connectivity index (χ1v) is 7.47. The van der Waals surface area contributed by atoms with Crippen LogP contribution in [0.2, 0.25) is 5.02 Å². The monoisotopic (exact) mass is 339 g/mol. The van der Waals surface area contributed by atoms with Gasteiger partial charge in [-0.1, -0.05) is 11.6 Å². The third kappa shape index (κ3) is 2.66. The van der Waals surface area contributed by atoms with Crippen molar-refractivity contribution in [3.63, 3.8) is 0 Å². The Bertz CT molecular complexity index is 818. The highest BCUT2D eigenvalue weighted by Gasteiger charge is 2.27. The number of hydrogen-bond donors (Lipinski definition) is 3. The molecule has 6 nitrogen and oxygen atoms in total. The molecule has 2 amide bonds. The molecule has 0 atom stereocenters. The summed E-state index contributed by atoms with van der Waals surface area (Å²) in [6.07, 6.45) is 0.506. The predicted octanol–water partition coefficient (Wildman–Crippen LogP) is 1.80. The van der Waals surface area contributed by atoms with E-state index in [1.807, 2.05) is 0 Å². The molecule has 0 aliphatic carbocycles. The van der Waals surface area contributed by atoms with Gasteiger partial charge in [0.05, 0.1) is 16.2 Å². The van der Waals surface area contributed by atoms with Gasteiger partial charge in [0.1, 0.15) is 6.61 Å². The predicted molar refractivity (Wildman–Crippen MR) is 83.8 cm³/mol. The molecule has 1 aliphatic heterocycles. The van der Waals surface area contributed by atoms with Crippen LogP contribution in [0.3, 0.4) is 0 Å². The van der Waals surface area contributed by atoms with Gasteiger partial charge in [0.2, 0.25) is 11.8 Å². The van der Waals surface area contributed by atoms with E-state index in [9.17, 15) is 14.0 Å². The van der Waals surface area contributed by atoms with Crippen LogP contribution in [0, 0.1) is 5.82 Å². The van der Waals surface area contributed by atoms with E-state index < -0.39 is 12.4 Å². The molecule has 0 bridgehead atoms. The maximum atomic E-state index is 14.3. The zero-order chi connectivity index (χ0) is 16.7. The number of aliphatic hydroxyl groups is 1. The number of aromatic nitrogens is 1. The number of hydrogen-bond acceptors (Lipinski definition) is 3. The van der Waals surface area contributed by atoms with Crippen molar-refractivity contribution in [2.75, 3.05) is 18.5 Å². The number of anilines is 1. The molecule has 1 aromatic heterocycles. The second-order valence-electron chi connectivity index (χ2n) is 5.46. The Hall–Kier alpha value is -2.12. The normalized spacial score (nSPS) is 14.0. The van der Waals surface area contributed by atoms with Gasteiger partial charge in [-0.05, 0) is 6.07 Å². The highest BCUT2D eigenvalue weighted by molar-refractivity contribution is 6.32. The van der Waals surface area contributed by atoms with Crippen LogP contribution >= 0.6 is 11.6 Å². The Morgan fingerprint density at radius 2 is 2.26 bits per heavy atom. The van der Waals surface area contributed by atoms with Crippen LogP contribution in [0.25, 0.3) is 10.9 Å². The van der Waals surface area contributed by atoms with Crippen LogP contribution in [0.4, 0.5) is 10.1 Å². The zero-order valence-electron chi connectivity index (χ0n) is 12.4. The molecular weight excluding hydrogens is 325 g/mol. The molecule has 0 fully saturated rings. The van der Waals surface area contributed by atoms with Crippen molar-refractivity contribution in [1.82, 2.24) is 9.88 Å². The fourth-order valence-corrected chi connectivity index (χ4v) is 3.14. The van der Waals surface area contributed by atoms with E-state index in [1.165, 1.54) is 17.9 Å². The summed E-state index contributed by atoms with van der Waals surface area (Å²) in [5, 5.41) is 12.1.